The van der Waals surface area contributed by atoms with Crippen molar-refractivity contribution in [1.82, 2.24) is 9.88 Å². The van der Waals surface area contributed by atoms with Gasteiger partial charge in [0.2, 0.25) is 5.91 Å². The number of rotatable bonds is 5. The van der Waals surface area contributed by atoms with Crippen molar-refractivity contribution in [2.75, 3.05) is 6.61 Å². The first-order valence-electron chi connectivity index (χ1n) is 5.56. The van der Waals surface area contributed by atoms with Gasteiger partial charge in [-0.25, -0.2) is 4.79 Å². The van der Waals surface area contributed by atoms with Crippen molar-refractivity contribution < 1.29 is 14.3 Å². The third kappa shape index (κ3) is 3.69. The summed E-state index contributed by atoms with van der Waals surface area (Å²) < 4.78 is 6.13. The van der Waals surface area contributed by atoms with Crippen LogP contribution in [0.25, 0.3) is 0 Å². The zero-order valence-corrected chi connectivity index (χ0v) is 11.4. The number of ether oxygens (including phenoxy) is 1. The first-order chi connectivity index (χ1) is 8.45. The Kier molecular flexibility index (Phi) is 5.08. The van der Waals surface area contributed by atoms with Crippen LogP contribution in [-0.4, -0.2) is 29.1 Å². The molecule has 0 aliphatic rings. The van der Waals surface area contributed by atoms with E-state index >= 15 is 0 Å². The highest BCUT2D eigenvalue weighted by atomic mass is 32.1. The molecule has 1 amide bonds. The van der Waals surface area contributed by atoms with E-state index in [4.69, 9.17) is 4.74 Å². The Morgan fingerprint density at radius 2 is 2.22 bits per heavy atom. The van der Waals surface area contributed by atoms with Crippen LogP contribution < -0.4 is 10.2 Å². The predicted molar refractivity (Wildman–Crippen MR) is 67.6 cm³/mol. The van der Waals surface area contributed by atoms with Crippen LogP contribution in [0, 0.1) is 6.92 Å². The van der Waals surface area contributed by atoms with Gasteiger partial charge in [0.15, 0.2) is 0 Å². The Hall–Kier alpha value is -1.63. The average molecular weight is 272 g/mol. The number of nitrogens with one attached hydrogen (secondary N) is 1. The van der Waals surface area contributed by atoms with E-state index < -0.39 is 12.0 Å². The number of aromatic nitrogens is 1. The van der Waals surface area contributed by atoms with Gasteiger partial charge in [-0.2, -0.15) is 0 Å². The topological polar surface area (TPSA) is 77.4 Å². The van der Waals surface area contributed by atoms with Crippen LogP contribution in [0.1, 0.15) is 19.5 Å². The lowest BCUT2D eigenvalue weighted by molar-refractivity contribution is -0.146. The van der Waals surface area contributed by atoms with Gasteiger partial charge in [0.05, 0.1) is 6.61 Å². The fourth-order valence-corrected chi connectivity index (χ4v) is 2.09. The Labute approximate surface area is 109 Å². The van der Waals surface area contributed by atoms with Gasteiger partial charge in [0.1, 0.15) is 12.6 Å². The number of hydrogen-bond acceptors (Lipinski definition) is 5. The van der Waals surface area contributed by atoms with E-state index in [0.29, 0.717) is 0 Å². The molecule has 1 rings (SSSR count). The van der Waals surface area contributed by atoms with Crippen LogP contribution in [0.3, 0.4) is 0 Å². The number of carbonyl (C=O) groups excluding carboxylic acids is 2. The highest BCUT2D eigenvalue weighted by Crippen LogP contribution is 1.99. The van der Waals surface area contributed by atoms with E-state index in [1.807, 2.05) is 0 Å². The third-order valence-electron chi connectivity index (χ3n) is 2.30. The molecular formula is C11H16N2O4S. The van der Waals surface area contributed by atoms with Crippen molar-refractivity contribution in [2.45, 2.75) is 33.4 Å². The molecule has 1 heterocycles. The van der Waals surface area contributed by atoms with Crippen molar-refractivity contribution in [3.05, 3.63) is 20.7 Å². The van der Waals surface area contributed by atoms with Gasteiger partial charge in [-0.15, -0.1) is 0 Å². The van der Waals surface area contributed by atoms with Gasteiger partial charge < -0.3 is 10.1 Å². The van der Waals surface area contributed by atoms with E-state index in [0.717, 1.165) is 17.0 Å². The van der Waals surface area contributed by atoms with Crippen molar-refractivity contribution in [3.63, 3.8) is 0 Å². The number of hydrogen-bond donors (Lipinski definition) is 1. The highest BCUT2D eigenvalue weighted by molar-refractivity contribution is 7.07. The summed E-state index contributed by atoms with van der Waals surface area (Å²) in [5.74, 6) is -0.876. The van der Waals surface area contributed by atoms with Crippen LogP contribution in [0.2, 0.25) is 0 Å². The molecule has 0 aliphatic heterocycles. The normalized spacial score (nSPS) is 11.9. The molecule has 0 bridgehead atoms. The Balaban J connectivity index is 2.57. The molecule has 0 saturated heterocycles. The first kappa shape index (κ1) is 14.4. The van der Waals surface area contributed by atoms with Gasteiger partial charge >= 0.3 is 10.8 Å². The van der Waals surface area contributed by atoms with Gasteiger partial charge in [-0.3, -0.25) is 14.2 Å². The maximum absolute atomic E-state index is 11.7. The number of nitrogens with zero attached hydrogens (tertiary/aromatic N) is 1. The Bertz CT molecular complexity index is 491. The molecule has 1 N–H and O–H groups in total. The molecule has 100 valence electrons. The van der Waals surface area contributed by atoms with Gasteiger partial charge in [0, 0.05) is 11.1 Å². The smallest absolute Gasteiger partial charge is 0.328 e. The summed E-state index contributed by atoms with van der Waals surface area (Å²) in [5.41, 5.74) is 0.726. The summed E-state index contributed by atoms with van der Waals surface area (Å²) in [7, 11) is 0. The summed E-state index contributed by atoms with van der Waals surface area (Å²) in [5, 5.41) is 4.17. The molecule has 1 aromatic heterocycles. The quantitative estimate of drug-likeness (QED) is 0.781. The summed E-state index contributed by atoms with van der Waals surface area (Å²) in [6, 6.07) is -0.716. The molecule has 0 aliphatic carbocycles. The third-order valence-corrected chi connectivity index (χ3v) is 3.18. The van der Waals surface area contributed by atoms with Crippen LogP contribution in [0.4, 0.5) is 0 Å². The monoisotopic (exact) mass is 272 g/mol. The van der Waals surface area contributed by atoms with E-state index in [1.54, 1.807) is 26.2 Å². The predicted octanol–water partition coefficient (Wildman–Crippen LogP) is 0.286. The van der Waals surface area contributed by atoms with Gasteiger partial charge in [-0.1, -0.05) is 11.3 Å². The van der Waals surface area contributed by atoms with Crippen LogP contribution in [-0.2, 0) is 20.9 Å². The largest absolute Gasteiger partial charge is 0.464 e. The van der Waals surface area contributed by atoms with Crippen molar-refractivity contribution >= 4 is 23.2 Å². The molecule has 0 fully saturated rings. The lowest BCUT2D eigenvalue weighted by Crippen LogP contribution is -2.42. The second-order valence-corrected chi connectivity index (χ2v) is 4.59. The minimum absolute atomic E-state index is 0.0854. The molecule has 1 unspecified atom stereocenters. The lowest BCUT2D eigenvalue weighted by Gasteiger charge is -2.13. The fraction of sp³-hybridized carbons (Fsp3) is 0.545. The molecule has 0 spiro atoms. The van der Waals surface area contributed by atoms with E-state index in [-0.39, 0.29) is 23.9 Å². The van der Waals surface area contributed by atoms with Crippen LogP contribution >= 0.6 is 11.3 Å². The van der Waals surface area contributed by atoms with Gasteiger partial charge in [-0.05, 0) is 20.8 Å². The number of amides is 1. The molecule has 7 heteroatoms. The van der Waals surface area contributed by atoms with E-state index in [2.05, 4.69) is 5.32 Å². The van der Waals surface area contributed by atoms with Crippen molar-refractivity contribution in [1.29, 1.82) is 0 Å². The first-order valence-corrected chi connectivity index (χ1v) is 6.44. The molecule has 1 aromatic rings. The number of carbonyl (C=O) groups is 2. The molecular weight excluding hydrogens is 256 g/mol. The minimum atomic E-state index is -0.716. The van der Waals surface area contributed by atoms with E-state index in [9.17, 15) is 14.4 Å². The molecule has 0 saturated carbocycles. The molecule has 6 nitrogen and oxygen atoms in total. The number of thiazole rings is 1. The summed E-state index contributed by atoms with van der Waals surface area (Å²) in [6.45, 7) is 5.17. The summed E-state index contributed by atoms with van der Waals surface area (Å²) in [4.78, 5) is 34.2. The average Bonchev–Trinajstić information content (AvgIpc) is 2.61. The Morgan fingerprint density at radius 1 is 1.56 bits per heavy atom. The van der Waals surface area contributed by atoms with Crippen molar-refractivity contribution in [2.24, 2.45) is 0 Å². The standard InChI is InChI=1S/C11H16N2O4S/c1-4-17-10(15)8(3)12-9(14)5-13-7(2)6-18-11(13)16/h6,8H,4-5H2,1-3H3,(H,12,14). The second-order valence-electron chi connectivity index (χ2n) is 3.77. The maximum Gasteiger partial charge on any atom is 0.328 e. The zero-order chi connectivity index (χ0) is 13.7. The van der Waals surface area contributed by atoms with Gasteiger partial charge in [0.25, 0.3) is 0 Å². The highest BCUT2D eigenvalue weighted by Gasteiger charge is 2.17. The maximum atomic E-state index is 11.7. The van der Waals surface area contributed by atoms with Crippen LogP contribution in [0.5, 0.6) is 0 Å². The minimum Gasteiger partial charge on any atom is -0.464 e. The lowest BCUT2D eigenvalue weighted by atomic mass is 10.3. The number of esters is 1. The van der Waals surface area contributed by atoms with E-state index in [1.165, 1.54) is 4.57 Å². The fourth-order valence-electron chi connectivity index (χ4n) is 1.35. The summed E-state index contributed by atoms with van der Waals surface area (Å²) >= 11 is 1.04. The SMILES string of the molecule is CCOC(=O)C(C)NC(=O)Cn1c(C)csc1=O. The molecule has 18 heavy (non-hydrogen) atoms. The molecule has 0 aromatic carbocycles. The number of aryl methyl sites for hydroxylation is 1. The zero-order valence-electron chi connectivity index (χ0n) is 10.6. The second kappa shape index (κ2) is 6.34. The Morgan fingerprint density at radius 3 is 2.72 bits per heavy atom. The summed E-state index contributed by atoms with van der Waals surface area (Å²) in [6.07, 6.45) is 0. The molecule has 1 atom stereocenters. The van der Waals surface area contributed by atoms with Crippen molar-refractivity contribution in [3.8, 4) is 0 Å². The molecule has 0 radical (unpaired) electrons. The van der Waals surface area contributed by atoms with Crippen LogP contribution in [0.15, 0.2) is 10.2 Å².